The number of rotatable bonds is 3. The van der Waals surface area contributed by atoms with Gasteiger partial charge in [0.15, 0.2) is 10.9 Å². The highest BCUT2D eigenvalue weighted by molar-refractivity contribution is 7.99. The fourth-order valence-electron chi connectivity index (χ4n) is 1.15. The first-order valence-corrected chi connectivity index (χ1v) is 5.52. The number of H-pyrrole nitrogens is 1. The van der Waals surface area contributed by atoms with E-state index in [0.29, 0.717) is 21.8 Å². The van der Waals surface area contributed by atoms with Crippen molar-refractivity contribution in [3.05, 3.63) is 23.3 Å². The number of aromatic nitrogens is 5. The molecule has 2 rings (SSSR count). The molecule has 0 fully saturated rings. The van der Waals surface area contributed by atoms with Crippen LogP contribution in [0.1, 0.15) is 22.0 Å². The van der Waals surface area contributed by atoms with Crippen LogP contribution in [0.15, 0.2) is 16.4 Å². The molecular weight excluding hydrogens is 242 g/mol. The lowest BCUT2D eigenvalue weighted by Gasteiger charge is -2.00. The molecule has 8 heteroatoms. The van der Waals surface area contributed by atoms with Gasteiger partial charge in [-0.25, -0.2) is 19.7 Å². The summed E-state index contributed by atoms with van der Waals surface area (Å²) in [5, 5.41) is 16.3. The number of carboxylic acids is 1. The van der Waals surface area contributed by atoms with E-state index in [0.717, 1.165) is 11.8 Å². The van der Waals surface area contributed by atoms with Gasteiger partial charge in [-0.3, -0.25) is 5.10 Å². The van der Waals surface area contributed by atoms with E-state index in [4.69, 9.17) is 5.11 Å². The van der Waals surface area contributed by atoms with Crippen molar-refractivity contribution in [2.24, 2.45) is 0 Å². The maximum absolute atomic E-state index is 10.8. The van der Waals surface area contributed by atoms with Gasteiger partial charge in [-0.15, -0.1) is 5.10 Å². The Morgan fingerprint density at radius 1 is 1.29 bits per heavy atom. The molecule has 7 nitrogen and oxygen atoms in total. The predicted octanol–water partition coefficient (Wildman–Crippen LogP) is 1.06. The topological polar surface area (TPSA) is 105 Å². The summed E-state index contributed by atoms with van der Waals surface area (Å²) in [6.07, 6.45) is 0. The summed E-state index contributed by atoms with van der Waals surface area (Å²) >= 11 is 1.12. The van der Waals surface area contributed by atoms with Crippen molar-refractivity contribution in [3.8, 4) is 0 Å². The average molecular weight is 251 g/mol. The number of hydrogen-bond donors (Lipinski definition) is 2. The number of nitrogens with one attached hydrogen (secondary N) is 1. The number of nitrogens with zero attached hydrogens (tertiary/aromatic N) is 4. The monoisotopic (exact) mass is 251 g/mol. The summed E-state index contributed by atoms with van der Waals surface area (Å²) < 4.78 is 0. The molecule has 2 aromatic heterocycles. The molecule has 0 saturated heterocycles. The number of aromatic amines is 1. The summed E-state index contributed by atoms with van der Waals surface area (Å²) in [5.74, 6) is -0.401. The first kappa shape index (κ1) is 11.5. The molecule has 0 radical (unpaired) electrons. The number of aryl methyl sites for hydroxylation is 2. The zero-order chi connectivity index (χ0) is 12.4. The SMILES string of the molecule is Cc1cc(C(=O)O)nc(Sc2n[nH]c(C)n2)n1. The molecule has 0 saturated carbocycles. The van der Waals surface area contributed by atoms with Gasteiger partial charge >= 0.3 is 5.97 Å². The molecule has 0 aliphatic rings. The molecule has 0 spiro atoms. The van der Waals surface area contributed by atoms with Gasteiger partial charge < -0.3 is 5.11 Å². The van der Waals surface area contributed by atoms with Crippen LogP contribution in [-0.4, -0.2) is 36.2 Å². The molecule has 0 amide bonds. The molecule has 0 bridgehead atoms. The van der Waals surface area contributed by atoms with E-state index in [1.165, 1.54) is 6.07 Å². The van der Waals surface area contributed by atoms with Gasteiger partial charge in [0.05, 0.1) is 0 Å². The molecule has 0 aliphatic heterocycles. The van der Waals surface area contributed by atoms with Crippen molar-refractivity contribution in [2.75, 3.05) is 0 Å². The Labute approximate surface area is 101 Å². The third-order valence-electron chi connectivity index (χ3n) is 1.81. The van der Waals surface area contributed by atoms with Crippen LogP contribution in [0.5, 0.6) is 0 Å². The van der Waals surface area contributed by atoms with Crippen molar-refractivity contribution in [1.29, 1.82) is 0 Å². The van der Waals surface area contributed by atoms with Crippen molar-refractivity contribution in [1.82, 2.24) is 25.1 Å². The summed E-state index contributed by atoms with van der Waals surface area (Å²) in [6, 6.07) is 1.41. The average Bonchev–Trinajstić information content (AvgIpc) is 2.63. The Morgan fingerprint density at radius 2 is 2.06 bits per heavy atom. The second-order valence-electron chi connectivity index (χ2n) is 3.29. The third-order valence-corrected chi connectivity index (χ3v) is 2.54. The largest absolute Gasteiger partial charge is 0.477 e. The standard InChI is InChI=1S/C9H9N5O2S/c1-4-3-6(7(15)16)12-8(10-4)17-9-11-5(2)13-14-9/h3H,1-2H3,(H,15,16)(H,11,13,14). The minimum absolute atomic E-state index is 0.0349. The van der Waals surface area contributed by atoms with Crippen LogP contribution in [0.4, 0.5) is 0 Å². The highest BCUT2D eigenvalue weighted by Gasteiger charge is 2.11. The van der Waals surface area contributed by atoms with Crippen LogP contribution in [-0.2, 0) is 0 Å². The zero-order valence-corrected chi connectivity index (χ0v) is 9.95. The Hall–Kier alpha value is -1.96. The van der Waals surface area contributed by atoms with Crippen molar-refractivity contribution in [2.45, 2.75) is 24.2 Å². The summed E-state index contributed by atoms with van der Waals surface area (Å²) in [6.45, 7) is 3.48. The number of carbonyl (C=O) groups is 1. The molecule has 2 aromatic rings. The van der Waals surface area contributed by atoms with Crippen molar-refractivity contribution in [3.63, 3.8) is 0 Å². The molecule has 2 heterocycles. The predicted molar refractivity (Wildman–Crippen MR) is 59.0 cm³/mol. The Morgan fingerprint density at radius 3 is 2.65 bits per heavy atom. The second-order valence-corrected chi connectivity index (χ2v) is 4.22. The molecule has 2 N–H and O–H groups in total. The minimum Gasteiger partial charge on any atom is -0.477 e. The van der Waals surface area contributed by atoms with Gasteiger partial charge in [0.25, 0.3) is 0 Å². The van der Waals surface area contributed by atoms with Gasteiger partial charge in [-0.2, -0.15) is 0 Å². The van der Waals surface area contributed by atoms with Crippen LogP contribution in [0.3, 0.4) is 0 Å². The smallest absolute Gasteiger partial charge is 0.354 e. The molecule has 88 valence electrons. The van der Waals surface area contributed by atoms with Crippen LogP contribution in [0, 0.1) is 13.8 Å². The van der Waals surface area contributed by atoms with Crippen LogP contribution < -0.4 is 0 Å². The second kappa shape index (κ2) is 4.50. The van der Waals surface area contributed by atoms with Gasteiger partial charge in [0.1, 0.15) is 5.82 Å². The van der Waals surface area contributed by atoms with Gasteiger partial charge in [0, 0.05) is 5.69 Å². The fraction of sp³-hybridized carbons (Fsp3) is 0.222. The van der Waals surface area contributed by atoms with E-state index in [2.05, 4.69) is 25.1 Å². The summed E-state index contributed by atoms with van der Waals surface area (Å²) in [5.41, 5.74) is 0.555. The molecule has 0 aromatic carbocycles. The van der Waals surface area contributed by atoms with Crippen LogP contribution in [0.2, 0.25) is 0 Å². The molecule has 0 atom stereocenters. The summed E-state index contributed by atoms with van der Waals surface area (Å²) in [7, 11) is 0. The highest BCUT2D eigenvalue weighted by Crippen LogP contribution is 2.21. The van der Waals surface area contributed by atoms with Gasteiger partial charge in [0.2, 0.25) is 5.16 Å². The van der Waals surface area contributed by atoms with E-state index < -0.39 is 5.97 Å². The fourth-order valence-corrected chi connectivity index (χ4v) is 1.92. The third kappa shape index (κ3) is 2.78. The van der Waals surface area contributed by atoms with Crippen LogP contribution >= 0.6 is 11.8 Å². The van der Waals surface area contributed by atoms with E-state index >= 15 is 0 Å². The van der Waals surface area contributed by atoms with Crippen molar-refractivity contribution >= 4 is 17.7 Å². The Balaban J connectivity index is 2.29. The molecule has 17 heavy (non-hydrogen) atoms. The quantitative estimate of drug-likeness (QED) is 0.786. The van der Waals surface area contributed by atoms with E-state index in [1.54, 1.807) is 13.8 Å². The Kier molecular flexibility index (Phi) is 3.05. The first-order valence-electron chi connectivity index (χ1n) is 4.70. The number of aromatic carboxylic acids is 1. The lowest BCUT2D eigenvalue weighted by Crippen LogP contribution is -2.03. The van der Waals surface area contributed by atoms with Gasteiger partial charge in [-0.05, 0) is 31.7 Å². The molecule has 0 unspecified atom stereocenters. The summed E-state index contributed by atoms with van der Waals surface area (Å²) in [4.78, 5) is 22.9. The Bertz CT molecular complexity index is 568. The number of hydrogen-bond acceptors (Lipinski definition) is 6. The lowest BCUT2D eigenvalue weighted by atomic mass is 10.3. The van der Waals surface area contributed by atoms with E-state index in [9.17, 15) is 4.79 Å². The van der Waals surface area contributed by atoms with Crippen molar-refractivity contribution < 1.29 is 9.90 Å². The molecular formula is C9H9N5O2S. The minimum atomic E-state index is -1.08. The lowest BCUT2D eigenvalue weighted by molar-refractivity contribution is 0.0689. The van der Waals surface area contributed by atoms with E-state index in [1.807, 2.05) is 0 Å². The highest BCUT2D eigenvalue weighted by atomic mass is 32.2. The normalized spacial score (nSPS) is 10.5. The van der Waals surface area contributed by atoms with Gasteiger partial charge in [-0.1, -0.05) is 0 Å². The molecule has 0 aliphatic carbocycles. The number of carboxylic acid groups (broad SMARTS) is 1. The zero-order valence-electron chi connectivity index (χ0n) is 9.13. The maximum atomic E-state index is 10.8. The van der Waals surface area contributed by atoms with Crippen LogP contribution in [0.25, 0.3) is 0 Å². The first-order chi connectivity index (χ1) is 8.04. The van der Waals surface area contributed by atoms with E-state index in [-0.39, 0.29) is 5.69 Å². The maximum Gasteiger partial charge on any atom is 0.354 e.